The van der Waals surface area contributed by atoms with Gasteiger partial charge in [-0.25, -0.2) is 0 Å². The van der Waals surface area contributed by atoms with Crippen LogP contribution in [0.3, 0.4) is 0 Å². The van der Waals surface area contributed by atoms with Crippen LogP contribution in [0.4, 0.5) is 0 Å². The molecule has 2 rings (SSSR count). The number of benzene rings is 1. The van der Waals surface area contributed by atoms with Crippen molar-refractivity contribution in [2.24, 2.45) is 11.5 Å². The van der Waals surface area contributed by atoms with Crippen LogP contribution in [0, 0.1) is 0 Å². The predicted molar refractivity (Wildman–Crippen MR) is 149 cm³/mol. The molecule has 5 amide bonds. The van der Waals surface area contributed by atoms with E-state index < -0.39 is 72.9 Å². The number of aliphatic carboxylic acids is 1. The summed E-state index contributed by atoms with van der Waals surface area (Å²) in [5, 5.41) is 24.6. The first-order chi connectivity index (χ1) is 20.0. The number of rotatable bonds is 9. The lowest BCUT2D eigenvalue weighted by Gasteiger charge is -2.23. The fourth-order valence-electron chi connectivity index (χ4n) is 4.00. The summed E-state index contributed by atoms with van der Waals surface area (Å²) < 4.78 is 5.43. The fourth-order valence-corrected chi connectivity index (χ4v) is 4.00. The zero-order valence-corrected chi connectivity index (χ0v) is 23.2. The van der Waals surface area contributed by atoms with Gasteiger partial charge >= 0.3 is 5.97 Å². The average molecular weight is 593 g/mol. The maximum Gasteiger partial charge on any atom is 0.305 e. The zero-order chi connectivity index (χ0) is 30.9. The molecule has 1 aromatic carbocycles. The third-order valence-corrected chi connectivity index (χ3v) is 6.09. The maximum absolute atomic E-state index is 13.1. The molecule has 3 atom stereocenters. The summed E-state index contributed by atoms with van der Waals surface area (Å²) in [4.78, 5) is 75.4. The minimum atomic E-state index is -1.54. The van der Waals surface area contributed by atoms with Crippen molar-refractivity contribution in [3.63, 3.8) is 0 Å². The van der Waals surface area contributed by atoms with Gasteiger partial charge in [-0.15, -0.1) is 0 Å². The molecule has 0 spiro atoms. The van der Waals surface area contributed by atoms with E-state index in [1.165, 1.54) is 0 Å². The second kappa shape index (κ2) is 18.3. The molecule has 0 bridgehead atoms. The molecule has 16 nitrogen and oxygen atoms in total. The van der Waals surface area contributed by atoms with Crippen LogP contribution in [0.5, 0.6) is 0 Å². The molecule has 0 unspecified atom stereocenters. The summed E-state index contributed by atoms with van der Waals surface area (Å²) in [7, 11) is 0. The molecular weight excluding hydrogens is 552 g/mol. The lowest BCUT2D eigenvalue weighted by molar-refractivity contribution is -0.141. The van der Waals surface area contributed by atoms with Crippen molar-refractivity contribution in [2.45, 2.75) is 56.5 Å². The Morgan fingerprint density at radius 3 is 2.29 bits per heavy atom. The molecule has 0 aromatic heterocycles. The van der Waals surface area contributed by atoms with Crippen LogP contribution in [-0.4, -0.2) is 97.9 Å². The van der Waals surface area contributed by atoms with Crippen molar-refractivity contribution in [2.75, 3.05) is 32.8 Å². The minimum Gasteiger partial charge on any atom is -0.481 e. The maximum atomic E-state index is 13.1. The Hall–Kier alpha value is -4.12. The van der Waals surface area contributed by atoms with Gasteiger partial charge in [-0.05, 0) is 24.9 Å². The number of carbonyl (C=O) groups is 6. The molecule has 0 saturated carbocycles. The molecule has 16 heteroatoms. The summed E-state index contributed by atoms with van der Waals surface area (Å²) >= 11 is 0. The molecule has 232 valence electrons. The molecule has 0 radical (unpaired) electrons. The van der Waals surface area contributed by atoms with Crippen LogP contribution in [0.2, 0.25) is 0 Å². The van der Waals surface area contributed by atoms with Gasteiger partial charge in [0.05, 0.1) is 26.2 Å². The summed E-state index contributed by atoms with van der Waals surface area (Å²) in [5.74, 6) is -4.78. The van der Waals surface area contributed by atoms with Gasteiger partial charge in [0.15, 0.2) is 0 Å². The highest BCUT2D eigenvalue weighted by atomic mass is 16.5. The highest BCUT2D eigenvalue weighted by molar-refractivity contribution is 5.95. The highest BCUT2D eigenvalue weighted by Gasteiger charge is 2.29. The number of nitrogens with two attached hydrogens (primary N) is 2. The Balaban J connectivity index is 2.19. The van der Waals surface area contributed by atoms with E-state index in [1.54, 1.807) is 30.3 Å². The minimum absolute atomic E-state index is 0.0169. The standard InChI is InChI=1S/C26H40N8O8/c27-26(28)30-9-4-7-17-23(39)31-15-21(36)33-19(14-22(37)38)25(41)34-18(13-16-5-2-1-3-6-16)24(40)29-10-12-42-11-8-20(35)32-17/h1-3,5-6,17-19,26,30H,4,7-15,27-28H2,(H,29,40)(H,31,39)(H,32,35)(H,33,36)(H,34,41)(H,37,38)/t17-,18+,19-/m0/s1. The second-order valence-electron chi connectivity index (χ2n) is 9.58. The summed E-state index contributed by atoms with van der Waals surface area (Å²) in [6.45, 7) is -0.0829. The summed E-state index contributed by atoms with van der Waals surface area (Å²) in [5.41, 5.74) is 11.6. The van der Waals surface area contributed by atoms with E-state index >= 15 is 0 Å². The average Bonchev–Trinajstić information content (AvgIpc) is 2.94. The third-order valence-electron chi connectivity index (χ3n) is 6.09. The molecule has 1 saturated heterocycles. The molecule has 42 heavy (non-hydrogen) atoms. The van der Waals surface area contributed by atoms with E-state index in [4.69, 9.17) is 16.2 Å². The van der Waals surface area contributed by atoms with E-state index in [1.807, 2.05) is 0 Å². The van der Waals surface area contributed by atoms with Crippen LogP contribution in [0.25, 0.3) is 0 Å². The van der Waals surface area contributed by atoms with Crippen LogP contribution in [0.1, 0.15) is 31.2 Å². The number of amides is 5. The number of hydrogen-bond acceptors (Lipinski definition) is 10. The van der Waals surface area contributed by atoms with Gasteiger partial charge in [-0.3, -0.25) is 34.1 Å². The summed E-state index contributed by atoms with van der Waals surface area (Å²) in [6.07, 6.45) is -0.882. The van der Waals surface area contributed by atoms with Crippen molar-refractivity contribution in [3.05, 3.63) is 35.9 Å². The highest BCUT2D eigenvalue weighted by Crippen LogP contribution is 2.05. The molecular formula is C26H40N8O8. The zero-order valence-electron chi connectivity index (χ0n) is 23.2. The van der Waals surface area contributed by atoms with Crippen LogP contribution >= 0.6 is 0 Å². The van der Waals surface area contributed by atoms with Gasteiger partial charge in [-0.1, -0.05) is 30.3 Å². The van der Waals surface area contributed by atoms with Gasteiger partial charge in [0, 0.05) is 19.4 Å². The first-order valence-electron chi connectivity index (χ1n) is 13.6. The molecule has 1 aromatic rings. The number of carboxylic acids is 1. The quantitative estimate of drug-likeness (QED) is 0.0999. The van der Waals surface area contributed by atoms with Gasteiger partial charge in [0.1, 0.15) is 24.4 Å². The van der Waals surface area contributed by atoms with Crippen molar-refractivity contribution in [1.82, 2.24) is 31.9 Å². The molecule has 1 fully saturated rings. The molecule has 1 aliphatic heterocycles. The van der Waals surface area contributed by atoms with E-state index in [9.17, 15) is 33.9 Å². The van der Waals surface area contributed by atoms with Crippen molar-refractivity contribution in [1.29, 1.82) is 0 Å². The Morgan fingerprint density at radius 1 is 0.905 bits per heavy atom. The predicted octanol–water partition coefficient (Wildman–Crippen LogP) is -3.62. The Kier molecular flexibility index (Phi) is 14.9. The van der Waals surface area contributed by atoms with Gasteiger partial charge in [0.2, 0.25) is 29.5 Å². The van der Waals surface area contributed by atoms with Crippen molar-refractivity contribution >= 4 is 35.5 Å². The number of carbonyl (C=O) groups excluding carboxylic acids is 5. The van der Waals surface area contributed by atoms with Crippen LogP contribution < -0.4 is 43.4 Å². The molecule has 11 N–H and O–H groups in total. The number of hydrogen-bond donors (Lipinski definition) is 9. The fraction of sp³-hybridized carbons (Fsp3) is 0.538. The normalized spacial score (nSPS) is 22.0. The van der Waals surface area contributed by atoms with Crippen molar-refractivity contribution in [3.8, 4) is 0 Å². The smallest absolute Gasteiger partial charge is 0.305 e. The Morgan fingerprint density at radius 2 is 1.60 bits per heavy atom. The lowest BCUT2D eigenvalue weighted by atomic mass is 10.0. The van der Waals surface area contributed by atoms with Crippen LogP contribution in [0.15, 0.2) is 30.3 Å². The first-order valence-corrected chi connectivity index (χ1v) is 13.6. The molecule has 1 heterocycles. The second-order valence-corrected chi connectivity index (χ2v) is 9.58. The first kappa shape index (κ1) is 34.1. The van der Waals surface area contributed by atoms with Gasteiger partial charge < -0.3 is 47.9 Å². The number of ether oxygens (including phenoxy) is 1. The Labute approximate surface area is 243 Å². The van der Waals surface area contributed by atoms with Gasteiger partial charge in [-0.2, -0.15) is 0 Å². The number of carboxylic acid groups (broad SMARTS) is 1. The van der Waals surface area contributed by atoms with E-state index in [0.717, 1.165) is 5.56 Å². The van der Waals surface area contributed by atoms with Crippen LogP contribution in [-0.2, 0) is 39.9 Å². The SMILES string of the molecule is NC(N)NCCC[C@@H]1NC(=O)CCOCCNC(=O)[C@@H](Cc2ccccc2)NC(=O)[C@H](CC(=O)O)NC(=O)CNC1=O. The number of nitrogens with one attached hydrogen (secondary N) is 6. The third kappa shape index (κ3) is 13.5. The Bertz CT molecular complexity index is 1070. The van der Waals surface area contributed by atoms with E-state index in [2.05, 4.69) is 31.9 Å². The van der Waals surface area contributed by atoms with E-state index in [-0.39, 0.29) is 39.0 Å². The monoisotopic (exact) mass is 592 g/mol. The van der Waals surface area contributed by atoms with E-state index in [0.29, 0.717) is 13.0 Å². The molecule has 1 aliphatic rings. The topological polar surface area (TPSA) is 256 Å². The summed E-state index contributed by atoms with van der Waals surface area (Å²) in [6, 6.07) is 5.22. The lowest BCUT2D eigenvalue weighted by Crippen LogP contribution is -2.56. The van der Waals surface area contributed by atoms with Gasteiger partial charge in [0.25, 0.3) is 0 Å². The molecule has 0 aliphatic carbocycles. The largest absolute Gasteiger partial charge is 0.481 e. The van der Waals surface area contributed by atoms with Crippen molar-refractivity contribution < 1.29 is 38.6 Å².